The summed E-state index contributed by atoms with van der Waals surface area (Å²) in [4.78, 5) is 21.0. The Morgan fingerprint density at radius 1 is 1.19 bits per heavy atom. The minimum absolute atomic E-state index is 0.189. The maximum atomic E-state index is 12.2. The number of esters is 1. The van der Waals surface area contributed by atoms with Crippen LogP contribution >= 0.6 is 11.8 Å². The number of aryl methyl sites for hydroxylation is 2. The molecule has 2 aromatic carbocycles. The van der Waals surface area contributed by atoms with Gasteiger partial charge >= 0.3 is 5.97 Å². The van der Waals surface area contributed by atoms with Crippen molar-refractivity contribution in [2.24, 2.45) is 5.16 Å². The highest BCUT2D eigenvalue weighted by Crippen LogP contribution is 2.26. The Hall–Kier alpha value is -2.77. The van der Waals surface area contributed by atoms with Gasteiger partial charge in [-0.15, -0.1) is 11.8 Å². The van der Waals surface area contributed by atoms with E-state index < -0.39 is 5.97 Å². The van der Waals surface area contributed by atoms with Crippen molar-refractivity contribution >= 4 is 29.6 Å². The molecule has 0 saturated carbocycles. The first-order chi connectivity index (χ1) is 15.5. The van der Waals surface area contributed by atoms with Crippen molar-refractivity contribution in [1.82, 2.24) is 4.90 Å². The molecule has 170 valence electrons. The van der Waals surface area contributed by atoms with Gasteiger partial charge in [-0.1, -0.05) is 42.1 Å². The molecule has 1 fully saturated rings. The van der Waals surface area contributed by atoms with Crippen LogP contribution in [0, 0.1) is 13.8 Å². The molecule has 0 aromatic heterocycles. The molecular weight excluding hydrogens is 424 g/mol. The first-order valence-electron chi connectivity index (χ1n) is 10.6. The molecule has 1 aliphatic heterocycles. The summed E-state index contributed by atoms with van der Waals surface area (Å²) in [7, 11) is 0. The Kier molecular flexibility index (Phi) is 8.76. The number of thioether (sulfide) groups is 1. The Morgan fingerprint density at radius 2 is 1.84 bits per heavy atom. The first kappa shape index (κ1) is 23.9. The molecule has 7 heteroatoms. The lowest BCUT2D eigenvalue weighted by molar-refractivity contribution is -0.150. The summed E-state index contributed by atoms with van der Waals surface area (Å²) in [6.45, 7) is 10.6. The van der Waals surface area contributed by atoms with Crippen molar-refractivity contribution in [2.75, 3.05) is 39.2 Å². The second-order valence-electron chi connectivity index (χ2n) is 7.54. The lowest BCUT2D eigenvalue weighted by Crippen LogP contribution is -2.41. The van der Waals surface area contributed by atoms with Crippen LogP contribution in [0.15, 0.2) is 53.0 Å². The summed E-state index contributed by atoms with van der Waals surface area (Å²) in [5.74, 6) is 0.243. The van der Waals surface area contributed by atoms with Crippen LogP contribution in [0.3, 0.4) is 0 Å². The lowest BCUT2D eigenvalue weighted by Gasteiger charge is -2.29. The minimum atomic E-state index is -0.465. The number of carbonyl (C=O) groups is 1. The van der Waals surface area contributed by atoms with Gasteiger partial charge in [0.15, 0.2) is 5.84 Å². The summed E-state index contributed by atoms with van der Waals surface area (Å²) < 4.78 is 10.8. The van der Waals surface area contributed by atoms with Gasteiger partial charge in [-0.3, -0.25) is 0 Å². The van der Waals surface area contributed by atoms with Crippen LogP contribution in [-0.4, -0.2) is 55.9 Å². The second-order valence-corrected chi connectivity index (χ2v) is 8.35. The van der Waals surface area contributed by atoms with E-state index in [1.807, 2.05) is 24.3 Å². The van der Waals surface area contributed by atoms with E-state index >= 15 is 0 Å². The van der Waals surface area contributed by atoms with Crippen molar-refractivity contribution in [1.29, 1.82) is 0 Å². The molecule has 0 bridgehead atoms. The molecule has 0 unspecified atom stereocenters. The van der Waals surface area contributed by atoms with Gasteiger partial charge in [0.1, 0.15) is 6.61 Å². The number of hydrogen-bond donors (Lipinski definition) is 0. The van der Waals surface area contributed by atoms with Crippen molar-refractivity contribution in [3.8, 4) is 0 Å². The lowest BCUT2D eigenvalue weighted by atomic mass is 10.1. The van der Waals surface area contributed by atoms with Gasteiger partial charge in [0.25, 0.3) is 0 Å². The van der Waals surface area contributed by atoms with Crippen molar-refractivity contribution < 1.29 is 19.1 Å². The molecule has 1 heterocycles. The van der Waals surface area contributed by atoms with Crippen LogP contribution in [0.25, 0.3) is 6.08 Å². The van der Waals surface area contributed by atoms with Crippen molar-refractivity contribution in [3.05, 3.63) is 70.8 Å². The largest absolute Gasteiger partial charge is 0.458 e. The van der Waals surface area contributed by atoms with E-state index in [0.29, 0.717) is 19.0 Å². The van der Waals surface area contributed by atoms with E-state index in [0.717, 1.165) is 29.8 Å². The molecule has 6 nitrogen and oxygen atoms in total. The molecule has 0 N–H and O–H groups in total. The van der Waals surface area contributed by atoms with Crippen LogP contribution in [0.1, 0.15) is 27.8 Å². The number of benzene rings is 2. The zero-order valence-electron chi connectivity index (χ0n) is 18.9. The third-order valence-corrected chi connectivity index (χ3v) is 6.23. The minimum Gasteiger partial charge on any atom is -0.458 e. The number of hydrogen-bond acceptors (Lipinski definition) is 6. The van der Waals surface area contributed by atoms with Crippen LogP contribution in [0.2, 0.25) is 0 Å². The van der Waals surface area contributed by atoms with Gasteiger partial charge in [-0.2, -0.15) is 0 Å². The van der Waals surface area contributed by atoms with Crippen LogP contribution in [0.4, 0.5) is 0 Å². The molecule has 2 aromatic rings. The summed E-state index contributed by atoms with van der Waals surface area (Å²) in [6, 6.07) is 11.9. The number of oxime groups is 1. The summed E-state index contributed by atoms with van der Waals surface area (Å²) >= 11 is 1.73. The zero-order valence-corrected chi connectivity index (χ0v) is 19.7. The zero-order chi connectivity index (χ0) is 22.9. The molecule has 32 heavy (non-hydrogen) atoms. The molecule has 1 saturated heterocycles. The number of carbonyl (C=O) groups excluding carboxylic acids is 1. The second kappa shape index (κ2) is 11.7. The predicted octanol–water partition coefficient (Wildman–Crippen LogP) is 4.42. The molecule has 0 spiro atoms. The Bertz CT molecular complexity index is 943. The molecule has 0 atom stereocenters. The van der Waals surface area contributed by atoms with Crippen LogP contribution in [-0.2, 0) is 25.7 Å². The normalized spacial score (nSPS) is 14.2. The highest BCUT2D eigenvalue weighted by molar-refractivity contribution is 7.98. The van der Waals surface area contributed by atoms with E-state index in [1.165, 1.54) is 16.0 Å². The fraction of sp³-hybridized carbons (Fsp3) is 0.360. The van der Waals surface area contributed by atoms with Gasteiger partial charge in [-0.25, -0.2) is 4.79 Å². The van der Waals surface area contributed by atoms with Gasteiger partial charge in [0, 0.05) is 23.5 Å². The topological polar surface area (TPSA) is 60.4 Å². The van der Waals surface area contributed by atoms with Crippen LogP contribution in [0.5, 0.6) is 0 Å². The van der Waals surface area contributed by atoms with Gasteiger partial charge < -0.3 is 19.2 Å². The van der Waals surface area contributed by atoms with Gasteiger partial charge in [0.05, 0.1) is 13.2 Å². The number of amidine groups is 1. The predicted molar refractivity (Wildman–Crippen MR) is 129 cm³/mol. The van der Waals surface area contributed by atoms with Crippen LogP contribution < -0.4 is 0 Å². The molecular formula is C25H30N2O4S. The monoisotopic (exact) mass is 454 g/mol. The fourth-order valence-corrected chi connectivity index (χ4v) is 4.33. The molecule has 3 rings (SSSR count). The average Bonchev–Trinajstić information content (AvgIpc) is 2.81. The third-order valence-electron chi connectivity index (χ3n) is 5.18. The van der Waals surface area contributed by atoms with E-state index in [1.54, 1.807) is 17.8 Å². The highest BCUT2D eigenvalue weighted by atomic mass is 32.2. The van der Waals surface area contributed by atoms with E-state index in [9.17, 15) is 4.79 Å². The van der Waals surface area contributed by atoms with Crippen molar-refractivity contribution in [3.63, 3.8) is 0 Å². The number of nitrogens with zero attached hydrogens (tertiary/aromatic N) is 2. The van der Waals surface area contributed by atoms with Gasteiger partial charge in [0.2, 0.25) is 6.61 Å². The maximum absolute atomic E-state index is 12.2. The maximum Gasteiger partial charge on any atom is 0.347 e. The van der Waals surface area contributed by atoms with Crippen molar-refractivity contribution in [2.45, 2.75) is 25.3 Å². The van der Waals surface area contributed by atoms with E-state index in [2.05, 4.69) is 48.9 Å². The number of morpholine rings is 1. The SMILES string of the molecule is C=Cc1ccc(COC(=O)CON=C(c2cc(C)c(SC)c(C)c2)N2CCOCC2)cc1. The van der Waals surface area contributed by atoms with E-state index in [-0.39, 0.29) is 13.2 Å². The summed E-state index contributed by atoms with van der Waals surface area (Å²) in [5.41, 5.74) is 5.27. The number of ether oxygens (including phenoxy) is 2. The molecule has 1 aliphatic rings. The Morgan fingerprint density at radius 3 is 2.44 bits per heavy atom. The summed E-state index contributed by atoms with van der Waals surface area (Å²) in [6.07, 6.45) is 3.85. The number of rotatable bonds is 8. The fourth-order valence-electron chi connectivity index (χ4n) is 3.57. The Labute approximate surface area is 194 Å². The smallest absolute Gasteiger partial charge is 0.347 e. The Balaban J connectivity index is 1.66. The molecule has 0 radical (unpaired) electrons. The highest BCUT2D eigenvalue weighted by Gasteiger charge is 2.20. The molecule has 0 aliphatic carbocycles. The standard InChI is InChI=1S/C25H30N2O4S/c1-5-20-6-8-21(9-7-20)16-30-23(28)17-31-26-25(27-10-12-29-13-11-27)22-14-18(2)24(32-4)19(3)15-22/h5-9,14-15H,1,10-13,16-17H2,2-4H3. The van der Waals surface area contributed by atoms with Gasteiger partial charge in [-0.05, 0) is 54.5 Å². The molecule has 0 amide bonds. The third kappa shape index (κ3) is 6.37. The quantitative estimate of drug-likeness (QED) is 0.193. The first-order valence-corrected chi connectivity index (χ1v) is 11.8. The summed E-state index contributed by atoms with van der Waals surface area (Å²) in [5, 5.41) is 4.34. The van der Waals surface area contributed by atoms with E-state index in [4.69, 9.17) is 14.3 Å². The average molecular weight is 455 g/mol.